The zero-order valence-electron chi connectivity index (χ0n) is 10.4. The number of hydrogen-bond acceptors (Lipinski definition) is 5. The standard InChI is InChI=1S/C13H18N4O/c14-8-4-2-1-3-7-12-16-13(17-18-12)11-6-5-9-15-10-11/h5-6,9-10H,1-4,7-8,14H2. The van der Waals surface area contributed by atoms with E-state index in [1.54, 1.807) is 12.4 Å². The third-order valence-electron chi connectivity index (χ3n) is 2.73. The van der Waals surface area contributed by atoms with Gasteiger partial charge in [0.1, 0.15) is 0 Å². The van der Waals surface area contributed by atoms with Crippen molar-refractivity contribution in [2.24, 2.45) is 5.73 Å². The molecule has 2 heterocycles. The minimum Gasteiger partial charge on any atom is -0.339 e. The van der Waals surface area contributed by atoms with Gasteiger partial charge in [-0.25, -0.2) is 0 Å². The Morgan fingerprint density at radius 2 is 2.06 bits per heavy atom. The molecule has 0 aliphatic carbocycles. The van der Waals surface area contributed by atoms with Crippen LogP contribution in [0.25, 0.3) is 11.4 Å². The lowest BCUT2D eigenvalue weighted by molar-refractivity contribution is 0.374. The lowest BCUT2D eigenvalue weighted by atomic mass is 10.1. The average Bonchev–Trinajstić information content (AvgIpc) is 2.88. The molecule has 2 aromatic rings. The first-order valence-electron chi connectivity index (χ1n) is 6.33. The molecule has 2 rings (SSSR count). The molecule has 0 spiro atoms. The Hall–Kier alpha value is -1.75. The molecule has 96 valence electrons. The Bertz CT molecular complexity index is 455. The van der Waals surface area contributed by atoms with E-state index >= 15 is 0 Å². The van der Waals surface area contributed by atoms with E-state index in [2.05, 4.69) is 15.1 Å². The van der Waals surface area contributed by atoms with Gasteiger partial charge in [0.2, 0.25) is 11.7 Å². The Morgan fingerprint density at radius 3 is 2.83 bits per heavy atom. The van der Waals surface area contributed by atoms with E-state index in [-0.39, 0.29) is 0 Å². The highest BCUT2D eigenvalue weighted by Crippen LogP contribution is 2.14. The summed E-state index contributed by atoms with van der Waals surface area (Å²) in [4.78, 5) is 8.39. The van der Waals surface area contributed by atoms with Crippen LogP contribution in [0.15, 0.2) is 29.0 Å². The summed E-state index contributed by atoms with van der Waals surface area (Å²) in [5, 5.41) is 3.96. The highest BCUT2D eigenvalue weighted by atomic mass is 16.5. The number of hydrogen-bond donors (Lipinski definition) is 1. The monoisotopic (exact) mass is 246 g/mol. The van der Waals surface area contributed by atoms with Crippen molar-refractivity contribution in [3.8, 4) is 11.4 Å². The van der Waals surface area contributed by atoms with Crippen molar-refractivity contribution in [3.63, 3.8) is 0 Å². The predicted octanol–water partition coefficient (Wildman–Crippen LogP) is 2.19. The van der Waals surface area contributed by atoms with Gasteiger partial charge in [-0.2, -0.15) is 4.98 Å². The molecule has 0 atom stereocenters. The average molecular weight is 246 g/mol. The van der Waals surface area contributed by atoms with Crippen molar-refractivity contribution in [1.29, 1.82) is 0 Å². The largest absolute Gasteiger partial charge is 0.339 e. The molecule has 0 unspecified atom stereocenters. The summed E-state index contributed by atoms with van der Waals surface area (Å²) in [7, 11) is 0. The van der Waals surface area contributed by atoms with Gasteiger partial charge in [0, 0.05) is 24.4 Å². The Labute approximate surface area is 106 Å². The van der Waals surface area contributed by atoms with Crippen LogP contribution in [0.5, 0.6) is 0 Å². The van der Waals surface area contributed by atoms with Crippen LogP contribution in [-0.2, 0) is 6.42 Å². The highest BCUT2D eigenvalue weighted by Gasteiger charge is 2.07. The van der Waals surface area contributed by atoms with Crippen LogP contribution in [0, 0.1) is 0 Å². The number of aryl methyl sites for hydroxylation is 1. The van der Waals surface area contributed by atoms with Crippen molar-refractivity contribution in [2.75, 3.05) is 6.54 Å². The number of nitrogens with zero attached hydrogens (tertiary/aromatic N) is 3. The van der Waals surface area contributed by atoms with Crippen LogP contribution >= 0.6 is 0 Å². The molecule has 0 aliphatic rings. The fourth-order valence-electron chi connectivity index (χ4n) is 1.74. The number of pyridine rings is 1. The maximum absolute atomic E-state index is 5.44. The van der Waals surface area contributed by atoms with E-state index in [1.165, 1.54) is 6.42 Å². The molecule has 0 radical (unpaired) electrons. The maximum Gasteiger partial charge on any atom is 0.226 e. The summed E-state index contributed by atoms with van der Waals surface area (Å²) in [6.07, 6.45) is 8.76. The molecule has 0 saturated heterocycles. The third kappa shape index (κ3) is 3.63. The lowest BCUT2D eigenvalue weighted by Gasteiger charge is -1.96. The van der Waals surface area contributed by atoms with Crippen molar-refractivity contribution in [3.05, 3.63) is 30.4 Å². The smallest absolute Gasteiger partial charge is 0.226 e. The van der Waals surface area contributed by atoms with Gasteiger partial charge in [-0.05, 0) is 31.5 Å². The molecule has 0 bridgehead atoms. The van der Waals surface area contributed by atoms with E-state index in [1.807, 2.05) is 12.1 Å². The first kappa shape index (κ1) is 12.7. The number of unbranched alkanes of at least 4 members (excludes halogenated alkanes) is 3. The molecule has 5 heteroatoms. The van der Waals surface area contributed by atoms with Crippen molar-refractivity contribution < 1.29 is 4.52 Å². The van der Waals surface area contributed by atoms with E-state index in [0.29, 0.717) is 11.7 Å². The summed E-state index contributed by atoms with van der Waals surface area (Å²) in [6.45, 7) is 0.770. The number of aromatic nitrogens is 3. The second-order valence-corrected chi connectivity index (χ2v) is 4.21. The maximum atomic E-state index is 5.44. The van der Waals surface area contributed by atoms with Crippen LogP contribution in [0.2, 0.25) is 0 Å². The minimum absolute atomic E-state index is 0.611. The minimum atomic E-state index is 0.611. The van der Waals surface area contributed by atoms with E-state index in [4.69, 9.17) is 10.3 Å². The molecule has 0 aromatic carbocycles. The van der Waals surface area contributed by atoms with E-state index in [0.717, 1.165) is 37.8 Å². The summed E-state index contributed by atoms with van der Waals surface area (Å²) in [5.41, 5.74) is 6.33. The second kappa shape index (κ2) is 6.86. The molecule has 5 nitrogen and oxygen atoms in total. The van der Waals surface area contributed by atoms with Crippen LogP contribution in [0.4, 0.5) is 0 Å². The van der Waals surface area contributed by atoms with E-state index in [9.17, 15) is 0 Å². The Kier molecular flexibility index (Phi) is 4.84. The summed E-state index contributed by atoms with van der Waals surface area (Å²) in [6, 6.07) is 3.78. The quantitative estimate of drug-likeness (QED) is 0.758. The third-order valence-corrected chi connectivity index (χ3v) is 2.73. The van der Waals surface area contributed by atoms with Gasteiger partial charge < -0.3 is 10.3 Å². The van der Waals surface area contributed by atoms with Crippen molar-refractivity contribution in [2.45, 2.75) is 32.1 Å². The van der Waals surface area contributed by atoms with Gasteiger partial charge in [-0.3, -0.25) is 4.98 Å². The van der Waals surface area contributed by atoms with Crippen LogP contribution in [0.1, 0.15) is 31.6 Å². The zero-order chi connectivity index (χ0) is 12.6. The Balaban J connectivity index is 1.83. The SMILES string of the molecule is NCCCCCCc1nc(-c2cccnc2)no1. The highest BCUT2D eigenvalue weighted by molar-refractivity contribution is 5.51. The normalized spacial score (nSPS) is 10.7. The molecule has 0 fully saturated rings. The van der Waals surface area contributed by atoms with Crippen molar-refractivity contribution >= 4 is 0 Å². The van der Waals surface area contributed by atoms with Gasteiger partial charge in [-0.1, -0.05) is 18.0 Å². The fourth-order valence-corrected chi connectivity index (χ4v) is 1.74. The van der Waals surface area contributed by atoms with Crippen molar-refractivity contribution in [1.82, 2.24) is 15.1 Å². The molecule has 2 aromatic heterocycles. The van der Waals surface area contributed by atoms with E-state index < -0.39 is 0 Å². The molecular weight excluding hydrogens is 228 g/mol. The Morgan fingerprint density at radius 1 is 1.17 bits per heavy atom. The van der Waals surface area contributed by atoms with Crippen LogP contribution in [-0.4, -0.2) is 21.7 Å². The van der Waals surface area contributed by atoms with Crippen LogP contribution < -0.4 is 5.73 Å². The van der Waals surface area contributed by atoms with Gasteiger partial charge in [0.05, 0.1) is 0 Å². The topological polar surface area (TPSA) is 77.8 Å². The van der Waals surface area contributed by atoms with Gasteiger partial charge in [0.15, 0.2) is 0 Å². The molecule has 18 heavy (non-hydrogen) atoms. The number of rotatable bonds is 7. The zero-order valence-corrected chi connectivity index (χ0v) is 10.4. The summed E-state index contributed by atoms with van der Waals surface area (Å²) >= 11 is 0. The lowest BCUT2D eigenvalue weighted by Crippen LogP contribution is -1.97. The molecular formula is C13H18N4O. The first-order chi connectivity index (χ1) is 8.90. The fraction of sp³-hybridized carbons (Fsp3) is 0.462. The summed E-state index contributed by atoms with van der Waals surface area (Å²) in [5.74, 6) is 1.31. The van der Waals surface area contributed by atoms with Gasteiger partial charge >= 0.3 is 0 Å². The molecule has 0 aliphatic heterocycles. The molecule has 0 saturated carbocycles. The van der Waals surface area contributed by atoms with Crippen LogP contribution in [0.3, 0.4) is 0 Å². The number of nitrogens with two attached hydrogens (primary N) is 1. The molecule has 0 amide bonds. The van der Waals surface area contributed by atoms with Gasteiger partial charge in [0.25, 0.3) is 0 Å². The first-order valence-corrected chi connectivity index (χ1v) is 6.33. The molecule has 2 N–H and O–H groups in total. The predicted molar refractivity (Wildman–Crippen MR) is 68.8 cm³/mol. The second-order valence-electron chi connectivity index (χ2n) is 4.21. The van der Waals surface area contributed by atoms with Gasteiger partial charge in [-0.15, -0.1) is 0 Å². The summed E-state index contributed by atoms with van der Waals surface area (Å²) < 4.78 is 5.21.